The molecule has 0 atom stereocenters. The fourth-order valence-electron chi connectivity index (χ4n) is 1.29. The third-order valence-corrected chi connectivity index (χ3v) is 2.15. The van der Waals surface area contributed by atoms with Gasteiger partial charge in [0.15, 0.2) is 5.82 Å². The molecule has 0 fully saturated rings. The first-order valence-corrected chi connectivity index (χ1v) is 4.73. The Hall–Kier alpha value is -1.74. The average Bonchev–Trinajstić information content (AvgIpc) is 2.30. The van der Waals surface area contributed by atoms with E-state index < -0.39 is 5.24 Å². The summed E-state index contributed by atoms with van der Waals surface area (Å²) in [7, 11) is 0. The van der Waals surface area contributed by atoms with Crippen LogP contribution in [0.25, 0.3) is 11.4 Å². The van der Waals surface area contributed by atoms with Crippen molar-refractivity contribution in [1.82, 2.24) is 9.97 Å². The van der Waals surface area contributed by atoms with Gasteiger partial charge < -0.3 is 0 Å². The predicted molar refractivity (Wildman–Crippen MR) is 57.7 cm³/mol. The SMILES string of the molecule is O=C(Cl)c1ccccc1-c1ncccn1. The van der Waals surface area contributed by atoms with Gasteiger partial charge in [0.05, 0.1) is 0 Å². The van der Waals surface area contributed by atoms with Crippen molar-refractivity contribution in [2.45, 2.75) is 0 Å². The van der Waals surface area contributed by atoms with Crippen LogP contribution in [0.2, 0.25) is 0 Å². The Balaban J connectivity index is 2.58. The summed E-state index contributed by atoms with van der Waals surface area (Å²) in [5.41, 5.74) is 1.07. The molecule has 0 saturated carbocycles. The van der Waals surface area contributed by atoms with Crippen LogP contribution in [0.4, 0.5) is 0 Å². The van der Waals surface area contributed by atoms with Crippen molar-refractivity contribution >= 4 is 16.8 Å². The lowest BCUT2D eigenvalue weighted by atomic mass is 10.1. The molecule has 1 aromatic carbocycles. The molecule has 3 nitrogen and oxygen atoms in total. The van der Waals surface area contributed by atoms with Crippen LogP contribution < -0.4 is 0 Å². The van der Waals surface area contributed by atoms with Gasteiger partial charge in [-0.1, -0.05) is 18.2 Å². The summed E-state index contributed by atoms with van der Waals surface area (Å²) in [5, 5.41) is -0.502. The van der Waals surface area contributed by atoms with Crippen LogP contribution in [0.15, 0.2) is 42.7 Å². The molecule has 1 aromatic heterocycles. The van der Waals surface area contributed by atoms with Gasteiger partial charge in [-0.2, -0.15) is 0 Å². The second-order valence-electron chi connectivity index (χ2n) is 2.89. The van der Waals surface area contributed by atoms with Crippen molar-refractivity contribution < 1.29 is 4.79 Å². The molecule has 0 aliphatic carbocycles. The fraction of sp³-hybridized carbons (Fsp3) is 0. The maximum Gasteiger partial charge on any atom is 0.253 e. The summed E-state index contributed by atoms with van der Waals surface area (Å²) in [6.07, 6.45) is 3.25. The van der Waals surface area contributed by atoms with E-state index in [9.17, 15) is 4.79 Å². The van der Waals surface area contributed by atoms with Crippen molar-refractivity contribution in [3.8, 4) is 11.4 Å². The van der Waals surface area contributed by atoms with Crippen LogP contribution in [0.1, 0.15) is 10.4 Å². The van der Waals surface area contributed by atoms with Crippen LogP contribution in [-0.2, 0) is 0 Å². The summed E-state index contributed by atoms with van der Waals surface area (Å²) in [6.45, 7) is 0. The number of benzene rings is 1. The minimum atomic E-state index is -0.502. The number of carbonyl (C=O) groups excluding carboxylic acids is 1. The van der Waals surface area contributed by atoms with Crippen molar-refractivity contribution in [3.05, 3.63) is 48.3 Å². The number of carbonyl (C=O) groups is 1. The van der Waals surface area contributed by atoms with E-state index in [1.165, 1.54) is 0 Å². The molecule has 0 unspecified atom stereocenters. The Bertz CT molecular complexity index is 485. The lowest BCUT2D eigenvalue weighted by Crippen LogP contribution is -1.96. The standard InChI is InChI=1S/C11H7ClN2O/c12-10(15)8-4-1-2-5-9(8)11-13-6-3-7-14-11/h1-7H. The number of aromatic nitrogens is 2. The van der Waals surface area contributed by atoms with Crippen molar-refractivity contribution in [2.75, 3.05) is 0 Å². The number of hydrogen-bond acceptors (Lipinski definition) is 3. The highest BCUT2D eigenvalue weighted by molar-refractivity contribution is 6.68. The van der Waals surface area contributed by atoms with Gasteiger partial charge in [-0.3, -0.25) is 4.79 Å². The molecule has 15 heavy (non-hydrogen) atoms. The first-order chi connectivity index (χ1) is 7.29. The van der Waals surface area contributed by atoms with E-state index in [0.717, 1.165) is 0 Å². The van der Waals surface area contributed by atoms with Crippen LogP contribution in [0.3, 0.4) is 0 Å². The van der Waals surface area contributed by atoms with Gasteiger partial charge in [-0.15, -0.1) is 0 Å². The molecular formula is C11H7ClN2O. The molecule has 2 aromatic rings. The first-order valence-electron chi connectivity index (χ1n) is 4.35. The summed E-state index contributed by atoms with van der Waals surface area (Å²) in [6, 6.07) is 8.71. The number of halogens is 1. The summed E-state index contributed by atoms with van der Waals surface area (Å²) in [5.74, 6) is 0.502. The highest BCUT2D eigenvalue weighted by atomic mass is 35.5. The lowest BCUT2D eigenvalue weighted by molar-refractivity contribution is 0.108. The third-order valence-electron chi connectivity index (χ3n) is 1.95. The zero-order valence-electron chi connectivity index (χ0n) is 7.72. The zero-order chi connectivity index (χ0) is 10.7. The highest BCUT2D eigenvalue weighted by Crippen LogP contribution is 2.20. The van der Waals surface area contributed by atoms with E-state index in [0.29, 0.717) is 17.0 Å². The molecule has 0 radical (unpaired) electrons. The minimum Gasteiger partial charge on any atom is -0.276 e. The van der Waals surface area contributed by atoms with E-state index in [1.807, 2.05) is 6.07 Å². The molecule has 0 saturated heterocycles. The van der Waals surface area contributed by atoms with Gasteiger partial charge in [0, 0.05) is 23.5 Å². The Morgan fingerprint density at radius 1 is 1.07 bits per heavy atom. The molecule has 74 valence electrons. The molecule has 2 rings (SSSR count). The molecule has 0 amide bonds. The maximum absolute atomic E-state index is 11.1. The Morgan fingerprint density at radius 2 is 1.73 bits per heavy atom. The molecule has 0 spiro atoms. The number of rotatable bonds is 2. The van der Waals surface area contributed by atoms with Crippen LogP contribution in [0, 0.1) is 0 Å². The molecule has 0 aliphatic heterocycles. The van der Waals surface area contributed by atoms with Crippen LogP contribution in [0.5, 0.6) is 0 Å². The molecule has 1 heterocycles. The summed E-state index contributed by atoms with van der Waals surface area (Å²) >= 11 is 5.46. The molecule has 4 heteroatoms. The van der Waals surface area contributed by atoms with Gasteiger partial charge >= 0.3 is 0 Å². The molecule has 0 bridgehead atoms. The number of hydrogen-bond donors (Lipinski definition) is 0. The monoisotopic (exact) mass is 218 g/mol. The van der Waals surface area contributed by atoms with Gasteiger partial charge in [-0.05, 0) is 23.7 Å². The summed E-state index contributed by atoms with van der Waals surface area (Å²) < 4.78 is 0. The van der Waals surface area contributed by atoms with E-state index >= 15 is 0 Å². The molecule has 0 aliphatic rings. The quantitative estimate of drug-likeness (QED) is 0.728. The van der Waals surface area contributed by atoms with E-state index in [4.69, 9.17) is 11.6 Å². The van der Waals surface area contributed by atoms with Gasteiger partial charge in [0.1, 0.15) is 0 Å². The van der Waals surface area contributed by atoms with Crippen LogP contribution >= 0.6 is 11.6 Å². The van der Waals surface area contributed by atoms with Crippen molar-refractivity contribution in [3.63, 3.8) is 0 Å². The maximum atomic E-state index is 11.1. The minimum absolute atomic E-state index is 0.422. The highest BCUT2D eigenvalue weighted by Gasteiger charge is 2.10. The van der Waals surface area contributed by atoms with E-state index in [1.54, 1.807) is 36.7 Å². The van der Waals surface area contributed by atoms with Crippen molar-refractivity contribution in [1.29, 1.82) is 0 Å². The normalized spacial score (nSPS) is 9.93. The summed E-state index contributed by atoms with van der Waals surface area (Å²) in [4.78, 5) is 19.3. The van der Waals surface area contributed by atoms with Gasteiger partial charge in [0.25, 0.3) is 5.24 Å². The molecule has 0 N–H and O–H groups in total. The zero-order valence-corrected chi connectivity index (χ0v) is 8.48. The predicted octanol–water partition coefficient (Wildman–Crippen LogP) is 2.52. The molecular weight excluding hydrogens is 212 g/mol. The third kappa shape index (κ3) is 2.02. The first kappa shape index (κ1) is 9.80. The topological polar surface area (TPSA) is 42.9 Å². The van der Waals surface area contributed by atoms with E-state index in [2.05, 4.69) is 9.97 Å². The van der Waals surface area contributed by atoms with Crippen LogP contribution in [-0.4, -0.2) is 15.2 Å². The average molecular weight is 219 g/mol. The Kier molecular flexibility index (Phi) is 2.74. The fourth-order valence-corrected chi connectivity index (χ4v) is 1.45. The largest absolute Gasteiger partial charge is 0.276 e. The van der Waals surface area contributed by atoms with Crippen molar-refractivity contribution in [2.24, 2.45) is 0 Å². The van der Waals surface area contributed by atoms with Gasteiger partial charge in [0.2, 0.25) is 0 Å². The second-order valence-corrected chi connectivity index (χ2v) is 3.23. The Morgan fingerprint density at radius 3 is 2.40 bits per heavy atom. The van der Waals surface area contributed by atoms with Gasteiger partial charge in [-0.25, -0.2) is 9.97 Å². The smallest absolute Gasteiger partial charge is 0.253 e. The Labute approximate surface area is 91.8 Å². The lowest BCUT2D eigenvalue weighted by Gasteiger charge is -2.02. The number of nitrogens with zero attached hydrogens (tertiary/aromatic N) is 2. The van der Waals surface area contributed by atoms with E-state index in [-0.39, 0.29) is 0 Å². The second kappa shape index (κ2) is 4.19.